The number of carbonyl (C=O) groups is 1. The molecule has 0 heterocycles. The molecule has 2 atom stereocenters. The molecular weight excluding hydrogens is 240 g/mol. The van der Waals surface area contributed by atoms with Gasteiger partial charge in [-0.25, -0.2) is 13.1 Å². The molecule has 6 heteroatoms. The molecule has 1 amide bonds. The van der Waals surface area contributed by atoms with Gasteiger partial charge in [0.15, 0.2) is 0 Å². The maximum Gasteiger partial charge on any atom is 0.232 e. The second kappa shape index (κ2) is 4.46. The van der Waals surface area contributed by atoms with Gasteiger partial charge in [-0.2, -0.15) is 0 Å². The van der Waals surface area contributed by atoms with Crippen LogP contribution in [0.25, 0.3) is 0 Å². The molecule has 0 spiro atoms. The Balaban J connectivity index is 2.01. The van der Waals surface area contributed by atoms with Gasteiger partial charge in [-0.15, -0.1) is 0 Å². The van der Waals surface area contributed by atoms with Crippen molar-refractivity contribution in [3.8, 4) is 0 Å². The highest BCUT2D eigenvalue weighted by molar-refractivity contribution is 7.90. The van der Waals surface area contributed by atoms with Gasteiger partial charge in [0.05, 0.1) is 11.8 Å². The van der Waals surface area contributed by atoms with E-state index >= 15 is 0 Å². The predicted octanol–water partition coefficient (Wildman–Crippen LogP) is -0.0528. The topological polar surface area (TPSA) is 89.3 Å². The number of rotatable bonds is 5. The summed E-state index contributed by atoms with van der Waals surface area (Å²) < 4.78 is 25.7. The summed E-state index contributed by atoms with van der Waals surface area (Å²) in [5, 5.41) is -0.441. The number of amides is 1. The average molecular weight is 254 g/mol. The molecule has 0 radical (unpaired) electrons. The van der Waals surface area contributed by atoms with Crippen molar-refractivity contribution in [2.75, 3.05) is 6.54 Å². The Morgan fingerprint density at radius 3 is 2.59 bits per heavy atom. The van der Waals surface area contributed by atoms with Crippen LogP contribution in [0.4, 0.5) is 0 Å². The number of benzene rings is 1. The molecule has 0 aromatic heterocycles. The molecule has 1 saturated carbocycles. The fourth-order valence-corrected chi connectivity index (χ4v) is 3.45. The highest BCUT2D eigenvalue weighted by atomic mass is 32.2. The van der Waals surface area contributed by atoms with Crippen LogP contribution in [0.1, 0.15) is 17.9 Å². The van der Waals surface area contributed by atoms with Crippen molar-refractivity contribution in [2.45, 2.75) is 17.6 Å². The van der Waals surface area contributed by atoms with Gasteiger partial charge in [-0.05, 0) is 12.0 Å². The fraction of sp³-hybridized carbons (Fsp3) is 0.364. The largest absolute Gasteiger partial charge is 0.369 e. The maximum absolute atomic E-state index is 11.8. The molecule has 0 bridgehead atoms. The van der Waals surface area contributed by atoms with Crippen molar-refractivity contribution >= 4 is 15.9 Å². The Labute approximate surface area is 100 Å². The minimum atomic E-state index is -3.43. The number of sulfonamides is 1. The van der Waals surface area contributed by atoms with Crippen LogP contribution in [0, 0.1) is 0 Å². The Hall–Kier alpha value is -1.40. The molecule has 17 heavy (non-hydrogen) atoms. The Morgan fingerprint density at radius 2 is 2.00 bits per heavy atom. The van der Waals surface area contributed by atoms with Gasteiger partial charge in [0.2, 0.25) is 15.9 Å². The van der Waals surface area contributed by atoms with Gasteiger partial charge in [-0.1, -0.05) is 30.3 Å². The lowest BCUT2D eigenvalue weighted by atomic mass is 10.1. The molecule has 3 N–H and O–H groups in total. The van der Waals surface area contributed by atoms with Crippen molar-refractivity contribution in [2.24, 2.45) is 5.73 Å². The van der Waals surface area contributed by atoms with Crippen LogP contribution < -0.4 is 10.5 Å². The van der Waals surface area contributed by atoms with E-state index in [0.29, 0.717) is 6.42 Å². The van der Waals surface area contributed by atoms with Crippen LogP contribution in [0.15, 0.2) is 30.3 Å². The number of nitrogens with two attached hydrogens (primary N) is 1. The molecular formula is C11H14N2O3S. The molecule has 2 rings (SSSR count). The van der Waals surface area contributed by atoms with Crippen LogP contribution in [-0.2, 0) is 14.8 Å². The molecule has 92 valence electrons. The zero-order chi connectivity index (χ0) is 12.5. The monoisotopic (exact) mass is 254 g/mol. The van der Waals surface area contributed by atoms with Crippen molar-refractivity contribution in [3.63, 3.8) is 0 Å². The second-order valence-electron chi connectivity index (χ2n) is 4.12. The van der Waals surface area contributed by atoms with Gasteiger partial charge >= 0.3 is 0 Å². The second-order valence-corrected chi connectivity index (χ2v) is 6.11. The van der Waals surface area contributed by atoms with E-state index in [0.717, 1.165) is 5.56 Å². The van der Waals surface area contributed by atoms with E-state index in [-0.39, 0.29) is 12.5 Å². The maximum atomic E-state index is 11.8. The summed E-state index contributed by atoms with van der Waals surface area (Å²) in [5.74, 6) is -0.646. The summed E-state index contributed by atoms with van der Waals surface area (Å²) in [6, 6.07) is 9.48. The third kappa shape index (κ3) is 2.83. The average Bonchev–Trinajstić information content (AvgIpc) is 3.08. The summed E-state index contributed by atoms with van der Waals surface area (Å²) in [7, 11) is -3.43. The molecule has 0 aliphatic heterocycles. The van der Waals surface area contributed by atoms with Gasteiger partial charge in [0, 0.05) is 5.92 Å². The molecule has 1 aromatic carbocycles. The number of primary amides is 1. The Bertz CT molecular complexity index is 513. The lowest BCUT2D eigenvalue weighted by molar-refractivity contribution is -0.116. The van der Waals surface area contributed by atoms with E-state index in [1.807, 2.05) is 30.3 Å². The SMILES string of the molecule is NC(=O)CNS(=O)(=O)[C@@H]1C[C@H]1c1ccccc1. The number of nitrogens with one attached hydrogen (secondary N) is 1. The highest BCUT2D eigenvalue weighted by Gasteiger charge is 2.47. The van der Waals surface area contributed by atoms with Crippen molar-refractivity contribution < 1.29 is 13.2 Å². The zero-order valence-corrected chi connectivity index (χ0v) is 9.98. The Morgan fingerprint density at radius 1 is 1.35 bits per heavy atom. The van der Waals surface area contributed by atoms with Crippen LogP contribution in [-0.4, -0.2) is 26.1 Å². The first-order chi connectivity index (χ1) is 8.00. The zero-order valence-electron chi connectivity index (χ0n) is 9.17. The van der Waals surface area contributed by atoms with Crippen LogP contribution in [0.2, 0.25) is 0 Å². The van der Waals surface area contributed by atoms with Gasteiger partial charge < -0.3 is 5.73 Å². The number of hydrogen-bond acceptors (Lipinski definition) is 3. The molecule has 0 unspecified atom stereocenters. The van der Waals surface area contributed by atoms with Crippen LogP contribution in [0.3, 0.4) is 0 Å². The molecule has 5 nitrogen and oxygen atoms in total. The van der Waals surface area contributed by atoms with Crippen LogP contribution >= 0.6 is 0 Å². The number of carbonyl (C=O) groups excluding carboxylic acids is 1. The summed E-state index contributed by atoms with van der Waals surface area (Å²) >= 11 is 0. The van der Waals surface area contributed by atoms with Gasteiger partial charge in [0.25, 0.3) is 0 Å². The first-order valence-corrected chi connectivity index (χ1v) is 6.87. The minimum absolute atomic E-state index is 0.0292. The molecule has 0 saturated heterocycles. The predicted molar refractivity (Wildman–Crippen MR) is 63.7 cm³/mol. The van der Waals surface area contributed by atoms with E-state index < -0.39 is 21.2 Å². The lowest BCUT2D eigenvalue weighted by Crippen LogP contribution is -2.35. The summed E-state index contributed by atoms with van der Waals surface area (Å²) in [4.78, 5) is 10.5. The van der Waals surface area contributed by atoms with Crippen molar-refractivity contribution in [3.05, 3.63) is 35.9 Å². The summed E-state index contributed by atoms with van der Waals surface area (Å²) in [5.41, 5.74) is 5.92. The lowest BCUT2D eigenvalue weighted by Gasteiger charge is -2.04. The molecule has 1 fully saturated rings. The van der Waals surface area contributed by atoms with Gasteiger partial charge in [-0.3, -0.25) is 4.79 Å². The third-order valence-corrected chi connectivity index (χ3v) is 4.67. The van der Waals surface area contributed by atoms with Crippen molar-refractivity contribution in [1.29, 1.82) is 0 Å². The van der Waals surface area contributed by atoms with Gasteiger partial charge in [0.1, 0.15) is 0 Å². The smallest absolute Gasteiger partial charge is 0.232 e. The molecule has 1 aliphatic rings. The minimum Gasteiger partial charge on any atom is -0.369 e. The summed E-state index contributed by atoms with van der Waals surface area (Å²) in [6.07, 6.45) is 0.595. The summed E-state index contributed by atoms with van der Waals surface area (Å²) in [6.45, 7) is -0.333. The van der Waals surface area contributed by atoms with Crippen molar-refractivity contribution in [1.82, 2.24) is 4.72 Å². The van der Waals surface area contributed by atoms with E-state index in [1.165, 1.54) is 0 Å². The van der Waals surface area contributed by atoms with E-state index in [4.69, 9.17) is 5.73 Å². The third-order valence-electron chi connectivity index (χ3n) is 2.81. The molecule has 1 aromatic rings. The molecule has 1 aliphatic carbocycles. The fourth-order valence-electron chi connectivity index (χ4n) is 1.84. The van der Waals surface area contributed by atoms with E-state index in [2.05, 4.69) is 4.72 Å². The quantitative estimate of drug-likeness (QED) is 0.772. The first kappa shape index (κ1) is 12.1. The normalized spacial score (nSPS) is 23.3. The first-order valence-electron chi connectivity index (χ1n) is 5.32. The van der Waals surface area contributed by atoms with E-state index in [1.54, 1.807) is 0 Å². The standard InChI is InChI=1S/C11H14N2O3S/c12-11(14)7-13-17(15,16)10-6-9(10)8-4-2-1-3-5-8/h1-5,9-10,13H,6-7H2,(H2,12,14)/t9-,10+/m0/s1. The number of hydrogen-bond donors (Lipinski definition) is 2. The van der Waals surface area contributed by atoms with E-state index in [9.17, 15) is 13.2 Å². The Kier molecular flexibility index (Phi) is 3.17. The highest BCUT2D eigenvalue weighted by Crippen LogP contribution is 2.45. The van der Waals surface area contributed by atoms with Crippen LogP contribution in [0.5, 0.6) is 0 Å².